The number of carboxylic acid groups (broad SMARTS) is 2. The Hall–Kier alpha value is -5.62. The van der Waals surface area contributed by atoms with E-state index in [2.05, 4.69) is 28.2 Å². The molecular formula is C37H42F6N4O8. The number of ether oxygens (including phenoxy) is 2. The first kappa shape index (κ1) is 45.5. The molecule has 12 nitrogen and oxygen atoms in total. The number of aliphatic carboxylic acids is 2. The standard InChI is InChI=1S/C33H40N4O4.2C2HF3O2/c1-6-24-23(20-37(5)21(4)32(38)22-13-10-9-11-14-22)15-12-16-27(24)36-31-25-17-29(40-7-2)30(41-8-3)18-28(25)35-19-26(31)33(34)39;2*3-2(4,5)1(6)7/h9-19,21,32,38H,6-8,20H2,1-5H3,(H2,34,39)(H,35,36);2*(H,6,7)/t21-,32+;;/m1../s1. The fourth-order valence-electron chi connectivity index (χ4n) is 5.09. The lowest BCUT2D eigenvalue weighted by Crippen LogP contribution is -2.34. The van der Waals surface area contributed by atoms with Crippen LogP contribution in [0.1, 0.15) is 60.8 Å². The summed E-state index contributed by atoms with van der Waals surface area (Å²) in [6, 6.07) is 19.4. The molecule has 1 amide bonds. The van der Waals surface area contributed by atoms with Gasteiger partial charge in [-0.25, -0.2) is 9.59 Å². The highest BCUT2D eigenvalue weighted by atomic mass is 19.4. The highest BCUT2D eigenvalue weighted by molar-refractivity contribution is 6.08. The number of pyridine rings is 1. The normalized spacial score (nSPS) is 12.4. The van der Waals surface area contributed by atoms with E-state index in [1.807, 2.05) is 82.4 Å². The van der Waals surface area contributed by atoms with Gasteiger partial charge in [0.1, 0.15) is 0 Å². The van der Waals surface area contributed by atoms with Gasteiger partial charge in [-0.2, -0.15) is 26.3 Å². The number of anilines is 2. The van der Waals surface area contributed by atoms with E-state index in [4.69, 9.17) is 35.0 Å². The first-order valence-electron chi connectivity index (χ1n) is 16.6. The predicted molar refractivity (Wildman–Crippen MR) is 191 cm³/mol. The van der Waals surface area contributed by atoms with Crippen LogP contribution in [0.25, 0.3) is 10.9 Å². The lowest BCUT2D eigenvalue weighted by atomic mass is 9.99. The molecule has 1 heterocycles. The summed E-state index contributed by atoms with van der Waals surface area (Å²) >= 11 is 0. The molecular weight excluding hydrogens is 742 g/mol. The van der Waals surface area contributed by atoms with Crippen LogP contribution in [-0.4, -0.2) is 81.7 Å². The summed E-state index contributed by atoms with van der Waals surface area (Å²) in [5.74, 6) is -4.92. The lowest BCUT2D eigenvalue weighted by Gasteiger charge is -2.30. The number of nitrogens with two attached hydrogens (primary N) is 1. The van der Waals surface area contributed by atoms with E-state index in [-0.39, 0.29) is 11.6 Å². The number of nitrogens with zero attached hydrogens (tertiary/aromatic N) is 2. The molecule has 1 aromatic heterocycles. The van der Waals surface area contributed by atoms with E-state index in [9.17, 15) is 36.2 Å². The van der Waals surface area contributed by atoms with Crippen molar-refractivity contribution < 1.29 is 65.5 Å². The van der Waals surface area contributed by atoms with Crippen molar-refractivity contribution >= 4 is 40.1 Å². The van der Waals surface area contributed by atoms with E-state index < -0.39 is 36.3 Å². The second-order valence-corrected chi connectivity index (χ2v) is 11.6. The Morgan fingerprint density at radius 2 is 1.40 bits per heavy atom. The molecule has 0 aliphatic carbocycles. The number of carbonyl (C=O) groups is 3. The number of hydrogen-bond donors (Lipinski definition) is 5. The van der Waals surface area contributed by atoms with Crippen molar-refractivity contribution in [2.45, 2.75) is 65.2 Å². The second kappa shape index (κ2) is 20.2. The largest absolute Gasteiger partial charge is 0.490 e. The van der Waals surface area contributed by atoms with Gasteiger partial charge in [-0.1, -0.05) is 49.4 Å². The number of hydrogen-bond acceptors (Lipinski definition) is 9. The van der Waals surface area contributed by atoms with Crippen LogP contribution in [-0.2, 0) is 22.6 Å². The molecule has 55 heavy (non-hydrogen) atoms. The maximum Gasteiger partial charge on any atom is 0.490 e. The third kappa shape index (κ3) is 13.0. The van der Waals surface area contributed by atoms with Crippen LogP contribution in [0.15, 0.2) is 66.9 Å². The molecule has 0 aliphatic rings. The van der Waals surface area contributed by atoms with Crippen molar-refractivity contribution in [1.29, 1.82) is 0 Å². The first-order chi connectivity index (χ1) is 25.7. The van der Waals surface area contributed by atoms with Gasteiger partial charge in [-0.15, -0.1) is 0 Å². The fourth-order valence-corrected chi connectivity index (χ4v) is 5.09. The summed E-state index contributed by atoms with van der Waals surface area (Å²) in [6.45, 7) is 9.54. The third-order valence-electron chi connectivity index (χ3n) is 7.88. The molecule has 0 saturated heterocycles. The van der Waals surface area contributed by atoms with Gasteiger partial charge in [0.2, 0.25) is 0 Å². The Labute approximate surface area is 312 Å². The number of aliphatic hydroxyl groups is 1. The Morgan fingerprint density at radius 1 is 0.873 bits per heavy atom. The number of likely N-dealkylation sites (N-methyl/N-ethyl adjacent to an activating group) is 1. The molecule has 4 aromatic rings. The number of carboxylic acids is 2. The van der Waals surface area contributed by atoms with Gasteiger partial charge >= 0.3 is 24.3 Å². The van der Waals surface area contributed by atoms with Crippen molar-refractivity contribution in [3.05, 3.63) is 89.1 Å². The third-order valence-corrected chi connectivity index (χ3v) is 7.88. The average molecular weight is 785 g/mol. The first-order valence-corrected chi connectivity index (χ1v) is 16.6. The molecule has 0 unspecified atom stereocenters. The van der Waals surface area contributed by atoms with Crippen LogP contribution < -0.4 is 20.5 Å². The van der Waals surface area contributed by atoms with Crippen LogP contribution in [0.5, 0.6) is 11.5 Å². The van der Waals surface area contributed by atoms with Crippen LogP contribution in [0.3, 0.4) is 0 Å². The Balaban J connectivity index is 0.000000633. The van der Waals surface area contributed by atoms with Crippen molar-refractivity contribution in [3.8, 4) is 11.5 Å². The highest BCUT2D eigenvalue weighted by Gasteiger charge is 2.39. The smallest absolute Gasteiger partial charge is 0.490 e. The maximum absolute atomic E-state index is 12.5. The van der Waals surface area contributed by atoms with Gasteiger partial charge in [0.05, 0.1) is 36.1 Å². The second-order valence-electron chi connectivity index (χ2n) is 11.6. The van der Waals surface area contributed by atoms with Gasteiger partial charge in [0, 0.05) is 35.9 Å². The minimum Gasteiger partial charge on any atom is -0.490 e. The number of halogens is 6. The topological polar surface area (TPSA) is 185 Å². The Bertz CT molecular complexity index is 1890. The predicted octanol–water partition coefficient (Wildman–Crippen LogP) is 7.26. The zero-order valence-corrected chi connectivity index (χ0v) is 30.5. The lowest BCUT2D eigenvalue weighted by molar-refractivity contribution is -0.193. The van der Waals surface area contributed by atoms with Gasteiger partial charge in [0.25, 0.3) is 5.91 Å². The number of aliphatic hydroxyl groups excluding tert-OH is 1. The molecule has 6 N–H and O–H groups in total. The zero-order valence-electron chi connectivity index (χ0n) is 30.5. The van der Waals surface area contributed by atoms with Crippen LogP contribution in [0, 0.1) is 0 Å². The minimum absolute atomic E-state index is 0.110. The minimum atomic E-state index is -5.08. The molecule has 0 saturated carbocycles. The number of aromatic nitrogens is 1. The molecule has 18 heteroatoms. The molecule has 3 aromatic carbocycles. The summed E-state index contributed by atoms with van der Waals surface area (Å²) in [5.41, 5.74) is 11.3. The van der Waals surface area contributed by atoms with E-state index >= 15 is 0 Å². The molecule has 0 aliphatic heterocycles. The number of benzene rings is 3. The number of alkyl halides is 6. The summed E-state index contributed by atoms with van der Waals surface area (Å²) in [7, 11) is 2.02. The number of amides is 1. The van der Waals surface area contributed by atoms with Gasteiger partial charge in [-0.3, -0.25) is 14.7 Å². The maximum atomic E-state index is 12.5. The number of fused-ring (bicyclic) bond motifs is 1. The number of carbonyl (C=O) groups excluding carboxylic acids is 1. The van der Waals surface area contributed by atoms with Crippen LogP contribution in [0.2, 0.25) is 0 Å². The molecule has 0 bridgehead atoms. The fraction of sp³-hybridized carbons (Fsp3) is 0.351. The summed E-state index contributed by atoms with van der Waals surface area (Å²) < 4.78 is 75.1. The van der Waals surface area contributed by atoms with Crippen LogP contribution in [0.4, 0.5) is 37.7 Å². The molecule has 300 valence electrons. The van der Waals surface area contributed by atoms with Gasteiger partial charge in [0.15, 0.2) is 11.5 Å². The monoisotopic (exact) mass is 784 g/mol. The SMILES string of the molecule is CCOc1cc2ncc(C(N)=O)c(Nc3cccc(CN(C)[C@H](C)[C@H](O)c4ccccc4)c3CC)c2cc1OCC.O=C(O)C(F)(F)F.O=C(O)C(F)(F)F. The number of primary amides is 1. The summed E-state index contributed by atoms with van der Waals surface area (Å²) in [6.07, 6.45) is -8.52. The Morgan fingerprint density at radius 3 is 1.87 bits per heavy atom. The van der Waals surface area contributed by atoms with Crippen molar-refractivity contribution in [3.63, 3.8) is 0 Å². The molecule has 4 rings (SSSR count). The van der Waals surface area contributed by atoms with Gasteiger partial charge in [-0.05, 0) is 63.1 Å². The Kier molecular flexibility index (Phi) is 16.7. The molecule has 2 atom stereocenters. The zero-order chi connectivity index (χ0) is 41.7. The summed E-state index contributed by atoms with van der Waals surface area (Å²) in [5, 5.41) is 29.5. The highest BCUT2D eigenvalue weighted by Crippen LogP contribution is 2.38. The van der Waals surface area contributed by atoms with E-state index in [0.717, 1.165) is 28.8 Å². The molecule has 0 radical (unpaired) electrons. The van der Waals surface area contributed by atoms with Crippen LogP contribution >= 0.6 is 0 Å². The quantitative estimate of drug-likeness (QED) is 0.0860. The van der Waals surface area contributed by atoms with Crippen molar-refractivity contribution in [1.82, 2.24) is 9.88 Å². The molecule has 0 spiro atoms. The summed E-state index contributed by atoms with van der Waals surface area (Å²) in [4.78, 5) is 37.0. The van der Waals surface area contributed by atoms with E-state index in [1.54, 1.807) is 0 Å². The average Bonchev–Trinajstić information content (AvgIpc) is 3.11. The van der Waals surface area contributed by atoms with E-state index in [1.165, 1.54) is 6.20 Å². The van der Waals surface area contributed by atoms with E-state index in [0.29, 0.717) is 47.8 Å². The van der Waals surface area contributed by atoms with Crippen molar-refractivity contribution in [2.24, 2.45) is 5.73 Å². The van der Waals surface area contributed by atoms with Crippen molar-refractivity contribution in [2.75, 3.05) is 25.6 Å². The van der Waals surface area contributed by atoms with Gasteiger partial charge < -0.3 is 35.8 Å². The number of rotatable bonds is 13. The molecule has 0 fully saturated rings. The number of nitrogens with one attached hydrogen (secondary N) is 1.